The van der Waals surface area contributed by atoms with Gasteiger partial charge in [0.25, 0.3) is 0 Å². The van der Waals surface area contributed by atoms with Crippen LogP contribution in [0.1, 0.15) is 52.9 Å². The smallest absolute Gasteiger partial charge is 0.410 e. The van der Waals surface area contributed by atoms with Crippen LogP contribution in [0.4, 0.5) is 4.79 Å². The molecule has 0 aliphatic carbocycles. The van der Waals surface area contributed by atoms with Crippen LogP contribution in [0, 0.1) is 17.2 Å². The number of carbonyl (C=O) groups is 2. The minimum atomic E-state index is -0.532. The molecule has 1 amide bonds. The van der Waals surface area contributed by atoms with Gasteiger partial charge in [-0.15, -0.1) is 0 Å². The van der Waals surface area contributed by atoms with Gasteiger partial charge < -0.3 is 9.47 Å². The zero-order chi connectivity index (χ0) is 17.0. The average molecular weight is 322 g/mol. The summed E-state index contributed by atoms with van der Waals surface area (Å²) < 4.78 is 11.1. The first-order valence-corrected chi connectivity index (χ1v) is 8.30. The van der Waals surface area contributed by atoms with Crippen molar-refractivity contribution in [1.29, 1.82) is 5.26 Å². The number of ether oxygens (including phenoxy) is 2. The van der Waals surface area contributed by atoms with Gasteiger partial charge >= 0.3 is 6.09 Å². The van der Waals surface area contributed by atoms with Crippen LogP contribution in [0.5, 0.6) is 0 Å². The summed E-state index contributed by atoms with van der Waals surface area (Å²) in [6.45, 7) is 6.46. The van der Waals surface area contributed by atoms with Gasteiger partial charge in [-0.05, 0) is 40.0 Å². The molecule has 0 saturated carbocycles. The number of fused-ring (bicyclic) bond motifs is 2. The first kappa shape index (κ1) is 17.7. The molecule has 2 aliphatic heterocycles. The number of hydrogen-bond donors (Lipinski definition) is 0. The summed E-state index contributed by atoms with van der Waals surface area (Å²) in [6, 6.07) is 1.88. The van der Waals surface area contributed by atoms with Crippen LogP contribution in [0.3, 0.4) is 0 Å². The quantitative estimate of drug-likeness (QED) is 0.743. The van der Waals surface area contributed by atoms with Crippen molar-refractivity contribution in [1.82, 2.24) is 4.90 Å². The second kappa shape index (κ2) is 7.31. The van der Waals surface area contributed by atoms with E-state index in [1.165, 1.54) is 0 Å². The Morgan fingerprint density at radius 1 is 1.26 bits per heavy atom. The summed E-state index contributed by atoms with van der Waals surface area (Å²) in [5, 5.41) is 8.57. The SMILES string of the molecule is CC(C)(C)OC(=O)N1C2COCC1CC(C(=O)CCCC#N)C2. The van der Waals surface area contributed by atoms with Crippen molar-refractivity contribution in [2.24, 2.45) is 5.92 Å². The molecule has 6 heteroatoms. The van der Waals surface area contributed by atoms with Crippen LogP contribution < -0.4 is 0 Å². The fourth-order valence-electron chi connectivity index (χ4n) is 3.34. The van der Waals surface area contributed by atoms with Crippen molar-refractivity contribution in [3.05, 3.63) is 0 Å². The third kappa shape index (κ3) is 4.68. The van der Waals surface area contributed by atoms with E-state index in [0.29, 0.717) is 45.3 Å². The van der Waals surface area contributed by atoms with E-state index in [4.69, 9.17) is 14.7 Å². The van der Waals surface area contributed by atoms with Crippen LogP contribution >= 0.6 is 0 Å². The third-order valence-corrected chi connectivity index (χ3v) is 4.29. The van der Waals surface area contributed by atoms with Crippen LogP contribution in [0.25, 0.3) is 0 Å². The average Bonchev–Trinajstić information content (AvgIpc) is 2.44. The van der Waals surface area contributed by atoms with Gasteiger partial charge in [-0.25, -0.2) is 4.79 Å². The van der Waals surface area contributed by atoms with E-state index >= 15 is 0 Å². The number of Topliss-reactive ketones (excluding diaryl/α,β-unsaturated/α-hetero) is 1. The van der Waals surface area contributed by atoms with Crippen molar-refractivity contribution in [2.75, 3.05) is 13.2 Å². The number of ketones is 1. The standard InChI is InChI=1S/C17H26N2O4/c1-17(2,3)23-16(21)19-13-8-12(9-14(19)11-22-10-13)15(20)6-4-5-7-18/h12-14H,4-6,8-11H2,1-3H3. The Bertz CT molecular complexity index is 478. The molecule has 2 fully saturated rings. The lowest BCUT2D eigenvalue weighted by Gasteiger charge is -2.47. The van der Waals surface area contributed by atoms with Crippen molar-refractivity contribution in [3.63, 3.8) is 0 Å². The Kier molecular flexibility index (Phi) is 5.64. The molecule has 0 spiro atoms. The summed E-state index contributed by atoms with van der Waals surface area (Å²) in [6.07, 6.45) is 2.42. The minimum Gasteiger partial charge on any atom is -0.444 e. The van der Waals surface area contributed by atoms with Gasteiger partial charge in [-0.1, -0.05) is 0 Å². The van der Waals surface area contributed by atoms with E-state index in [2.05, 4.69) is 6.07 Å². The molecule has 2 atom stereocenters. The fourth-order valence-corrected chi connectivity index (χ4v) is 3.34. The lowest BCUT2D eigenvalue weighted by molar-refractivity contribution is -0.132. The molecule has 2 aliphatic rings. The van der Waals surface area contributed by atoms with Crippen molar-refractivity contribution < 1.29 is 19.1 Å². The van der Waals surface area contributed by atoms with E-state index < -0.39 is 5.60 Å². The molecule has 0 N–H and O–H groups in total. The largest absolute Gasteiger partial charge is 0.444 e. The lowest BCUT2D eigenvalue weighted by Crippen LogP contribution is -2.60. The molecule has 0 radical (unpaired) electrons. The van der Waals surface area contributed by atoms with Crippen molar-refractivity contribution in [2.45, 2.75) is 70.6 Å². The number of carbonyl (C=O) groups excluding carboxylic acids is 2. The molecule has 2 rings (SSSR count). The van der Waals surface area contributed by atoms with E-state index in [1.54, 1.807) is 4.90 Å². The normalized spacial score (nSPS) is 27.2. The number of piperidine rings is 1. The Morgan fingerprint density at radius 3 is 2.39 bits per heavy atom. The second-order valence-corrected chi connectivity index (χ2v) is 7.38. The van der Waals surface area contributed by atoms with E-state index in [1.807, 2.05) is 20.8 Å². The van der Waals surface area contributed by atoms with E-state index in [0.717, 1.165) is 0 Å². The molecule has 2 heterocycles. The molecular formula is C17H26N2O4. The van der Waals surface area contributed by atoms with Crippen LogP contribution in [0.15, 0.2) is 0 Å². The Hall–Kier alpha value is -1.61. The van der Waals surface area contributed by atoms with Crippen molar-refractivity contribution >= 4 is 11.9 Å². The predicted octanol–water partition coefficient (Wildman–Crippen LogP) is 2.66. The van der Waals surface area contributed by atoms with Gasteiger partial charge in [0.2, 0.25) is 0 Å². The van der Waals surface area contributed by atoms with Crippen LogP contribution in [0.2, 0.25) is 0 Å². The van der Waals surface area contributed by atoms with Crippen LogP contribution in [-0.2, 0) is 14.3 Å². The number of hydrogen-bond acceptors (Lipinski definition) is 5. The number of nitriles is 1. The fraction of sp³-hybridized carbons (Fsp3) is 0.824. The maximum absolute atomic E-state index is 12.4. The summed E-state index contributed by atoms with van der Waals surface area (Å²) in [5.74, 6) is 0.173. The van der Waals surface area contributed by atoms with Gasteiger partial charge in [0.05, 0.1) is 31.4 Å². The summed E-state index contributed by atoms with van der Waals surface area (Å²) in [5.41, 5.74) is -0.532. The van der Waals surface area contributed by atoms with E-state index in [9.17, 15) is 9.59 Å². The molecule has 0 aromatic rings. The lowest BCUT2D eigenvalue weighted by atomic mass is 9.81. The minimum absolute atomic E-state index is 0.0359. The van der Waals surface area contributed by atoms with Gasteiger partial charge in [-0.3, -0.25) is 9.69 Å². The molecule has 2 saturated heterocycles. The van der Waals surface area contributed by atoms with Gasteiger partial charge in [0.1, 0.15) is 11.4 Å². The third-order valence-electron chi connectivity index (χ3n) is 4.29. The maximum atomic E-state index is 12.4. The molecule has 2 bridgehead atoms. The number of unbranched alkanes of at least 4 members (excludes halogenated alkanes) is 1. The van der Waals surface area contributed by atoms with E-state index in [-0.39, 0.29) is 29.9 Å². The maximum Gasteiger partial charge on any atom is 0.410 e. The summed E-state index contributed by atoms with van der Waals surface area (Å²) in [4.78, 5) is 26.5. The number of nitrogens with zero attached hydrogens (tertiary/aromatic N) is 2. The molecule has 0 aromatic heterocycles. The zero-order valence-corrected chi connectivity index (χ0v) is 14.2. The summed E-state index contributed by atoms with van der Waals surface area (Å²) in [7, 11) is 0. The van der Waals surface area contributed by atoms with Crippen molar-refractivity contribution in [3.8, 4) is 6.07 Å². The topological polar surface area (TPSA) is 79.6 Å². The summed E-state index contributed by atoms with van der Waals surface area (Å²) >= 11 is 0. The van der Waals surface area contributed by atoms with Gasteiger partial charge in [-0.2, -0.15) is 5.26 Å². The highest BCUT2D eigenvalue weighted by Gasteiger charge is 2.44. The number of morpholine rings is 1. The highest BCUT2D eigenvalue weighted by Crippen LogP contribution is 2.34. The molecule has 0 aromatic carbocycles. The highest BCUT2D eigenvalue weighted by molar-refractivity contribution is 5.81. The zero-order valence-electron chi connectivity index (χ0n) is 14.2. The Balaban J connectivity index is 1.99. The van der Waals surface area contributed by atoms with Crippen LogP contribution in [-0.4, -0.2) is 47.7 Å². The Morgan fingerprint density at radius 2 is 1.87 bits per heavy atom. The molecular weight excluding hydrogens is 296 g/mol. The highest BCUT2D eigenvalue weighted by atomic mass is 16.6. The second-order valence-electron chi connectivity index (χ2n) is 7.38. The monoisotopic (exact) mass is 322 g/mol. The predicted molar refractivity (Wildman–Crippen MR) is 83.7 cm³/mol. The molecule has 6 nitrogen and oxygen atoms in total. The number of rotatable bonds is 4. The molecule has 2 unspecified atom stereocenters. The van der Waals surface area contributed by atoms with Gasteiger partial charge in [0.15, 0.2) is 0 Å². The Labute approximate surface area is 137 Å². The molecule has 128 valence electrons. The first-order chi connectivity index (χ1) is 10.8. The molecule has 23 heavy (non-hydrogen) atoms. The van der Waals surface area contributed by atoms with Gasteiger partial charge in [0, 0.05) is 18.8 Å². The number of amides is 1. The first-order valence-electron chi connectivity index (χ1n) is 8.30.